The van der Waals surface area contributed by atoms with Crippen LogP contribution in [0.4, 0.5) is 10.5 Å². The first-order valence-electron chi connectivity index (χ1n) is 9.11. The number of nitrogens with one attached hydrogen (secondary N) is 2. The maximum absolute atomic E-state index is 12.5. The van der Waals surface area contributed by atoms with Crippen molar-refractivity contribution in [2.45, 2.75) is 64.0 Å². The van der Waals surface area contributed by atoms with Crippen LogP contribution in [0.5, 0.6) is 0 Å². The van der Waals surface area contributed by atoms with Gasteiger partial charge in [0.15, 0.2) is 0 Å². The predicted molar refractivity (Wildman–Crippen MR) is 95.1 cm³/mol. The molecule has 0 saturated heterocycles. The van der Waals surface area contributed by atoms with Crippen LogP contribution < -0.4 is 15.5 Å². The Kier molecular flexibility index (Phi) is 5.38. The van der Waals surface area contributed by atoms with E-state index in [-0.39, 0.29) is 24.0 Å². The SMILES string of the molecule is CC(C(=O)NC(=O)NC1CCCCC1)N1CCCc2ccccc21. The maximum Gasteiger partial charge on any atom is 0.321 e. The summed E-state index contributed by atoms with van der Waals surface area (Å²) >= 11 is 0. The maximum atomic E-state index is 12.5. The van der Waals surface area contributed by atoms with E-state index in [4.69, 9.17) is 0 Å². The average molecular weight is 329 g/mol. The number of amides is 3. The summed E-state index contributed by atoms with van der Waals surface area (Å²) < 4.78 is 0. The molecule has 3 rings (SSSR count). The Morgan fingerprint density at radius 1 is 1.12 bits per heavy atom. The normalized spacial score (nSPS) is 19.3. The molecule has 1 aromatic rings. The zero-order valence-corrected chi connectivity index (χ0v) is 14.4. The summed E-state index contributed by atoms with van der Waals surface area (Å²) in [5.74, 6) is -0.236. The van der Waals surface area contributed by atoms with Crippen molar-refractivity contribution in [2.75, 3.05) is 11.4 Å². The molecular weight excluding hydrogens is 302 g/mol. The van der Waals surface area contributed by atoms with Crippen molar-refractivity contribution in [1.29, 1.82) is 0 Å². The van der Waals surface area contributed by atoms with Gasteiger partial charge in [-0.3, -0.25) is 10.1 Å². The van der Waals surface area contributed by atoms with Gasteiger partial charge in [-0.2, -0.15) is 0 Å². The number of urea groups is 1. The van der Waals surface area contributed by atoms with E-state index in [1.54, 1.807) is 0 Å². The molecule has 0 aromatic heterocycles. The summed E-state index contributed by atoms with van der Waals surface area (Å²) in [5, 5.41) is 5.46. The van der Waals surface area contributed by atoms with E-state index in [1.165, 1.54) is 12.0 Å². The molecule has 0 bridgehead atoms. The Bertz CT molecular complexity index is 596. The molecule has 1 aromatic carbocycles. The number of anilines is 1. The monoisotopic (exact) mass is 329 g/mol. The fraction of sp³-hybridized carbons (Fsp3) is 0.579. The molecule has 24 heavy (non-hydrogen) atoms. The van der Waals surface area contributed by atoms with Crippen molar-refractivity contribution in [2.24, 2.45) is 0 Å². The van der Waals surface area contributed by atoms with Gasteiger partial charge >= 0.3 is 6.03 Å². The zero-order valence-electron chi connectivity index (χ0n) is 14.4. The smallest absolute Gasteiger partial charge is 0.321 e. The number of para-hydroxylation sites is 1. The largest absolute Gasteiger partial charge is 0.360 e. The van der Waals surface area contributed by atoms with Gasteiger partial charge in [-0.1, -0.05) is 37.5 Å². The quantitative estimate of drug-likeness (QED) is 0.896. The molecule has 1 aliphatic carbocycles. The van der Waals surface area contributed by atoms with E-state index >= 15 is 0 Å². The first-order valence-corrected chi connectivity index (χ1v) is 9.11. The Hall–Kier alpha value is -2.04. The third-order valence-electron chi connectivity index (χ3n) is 5.17. The van der Waals surface area contributed by atoms with Crippen LogP contribution in [-0.2, 0) is 11.2 Å². The number of imide groups is 1. The molecular formula is C19H27N3O2. The summed E-state index contributed by atoms with van der Waals surface area (Å²) in [6, 6.07) is 7.69. The lowest BCUT2D eigenvalue weighted by Gasteiger charge is -2.35. The second-order valence-corrected chi connectivity index (χ2v) is 6.90. The molecule has 0 spiro atoms. The van der Waals surface area contributed by atoms with Gasteiger partial charge in [0.25, 0.3) is 0 Å². The third kappa shape index (κ3) is 3.89. The van der Waals surface area contributed by atoms with Crippen LogP contribution in [0.1, 0.15) is 51.0 Å². The van der Waals surface area contributed by atoms with Gasteiger partial charge in [-0.25, -0.2) is 4.79 Å². The molecule has 1 aliphatic heterocycles. The fourth-order valence-corrected chi connectivity index (χ4v) is 3.79. The molecule has 3 amide bonds. The van der Waals surface area contributed by atoms with Crippen molar-refractivity contribution in [1.82, 2.24) is 10.6 Å². The lowest BCUT2D eigenvalue weighted by atomic mass is 9.96. The first-order chi connectivity index (χ1) is 11.6. The highest BCUT2D eigenvalue weighted by atomic mass is 16.2. The Labute approximate surface area is 143 Å². The van der Waals surface area contributed by atoms with Gasteiger partial charge in [0.2, 0.25) is 5.91 Å². The van der Waals surface area contributed by atoms with Gasteiger partial charge in [-0.15, -0.1) is 0 Å². The van der Waals surface area contributed by atoms with Crippen LogP contribution in [0.25, 0.3) is 0 Å². The van der Waals surface area contributed by atoms with E-state index in [2.05, 4.69) is 27.7 Å². The molecule has 2 aliphatic rings. The second kappa shape index (κ2) is 7.69. The lowest BCUT2D eigenvalue weighted by molar-refractivity contribution is -0.121. The van der Waals surface area contributed by atoms with E-state index in [1.807, 2.05) is 19.1 Å². The molecule has 1 saturated carbocycles. The van der Waals surface area contributed by atoms with Crippen LogP contribution in [0.2, 0.25) is 0 Å². The number of carbonyl (C=O) groups excluding carboxylic acids is 2. The zero-order chi connectivity index (χ0) is 16.9. The van der Waals surface area contributed by atoms with Crippen molar-refractivity contribution in [3.8, 4) is 0 Å². The van der Waals surface area contributed by atoms with E-state index < -0.39 is 0 Å². The van der Waals surface area contributed by atoms with Crippen molar-refractivity contribution in [3.05, 3.63) is 29.8 Å². The number of carbonyl (C=O) groups is 2. The van der Waals surface area contributed by atoms with Gasteiger partial charge < -0.3 is 10.2 Å². The molecule has 0 radical (unpaired) electrons. The molecule has 2 N–H and O–H groups in total. The number of fused-ring (bicyclic) bond motifs is 1. The number of hydrogen-bond acceptors (Lipinski definition) is 3. The molecule has 1 fully saturated rings. The minimum absolute atomic E-state index is 0.206. The number of nitrogens with zero attached hydrogens (tertiary/aromatic N) is 1. The van der Waals surface area contributed by atoms with E-state index in [0.29, 0.717) is 0 Å². The standard InChI is InChI=1S/C19H27N3O2/c1-14(22-13-7-9-15-8-5-6-12-17(15)22)18(23)21-19(24)20-16-10-3-2-4-11-16/h5-6,8,12,14,16H,2-4,7,9-11,13H2,1H3,(H2,20,21,23,24). The predicted octanol–water partition coefficient (Wildman–Crippen LogP) is 2.99. The fourth-order valence-electron chi connectivity index (χ4n) is 3.79. The number of hydrogen-bond donors (Lipinski definition) is 2. The molecule has 5 nitrogen and oxygen atoms in total. The topological polar surface area (TPSA) is 61.4 Å². The van der Waals surface area contributed by atoms with Gasteiger partial charge in [0, 0.05) is 18.3 Å². The third-order valence-corrected chi connectivity index (χ3v) is 5.17. The van der Waals surface area contributed by atoms with Crippen LogP contribution in [0.15, 0.2) is 24.3 Å². The molecule has 1 unspecified atom stereocenters. The van der Waals surface area contributed by atoms with Crippen molar-refractivity contribution in [3.63, 3.8) is 0 Å². The summed E-state index contributed by atoms with van der Waals surface area (Å²) in [6.45, 7) is 2.71. The summed E-state index contributed by atoms with van der Waals surface area (Å²) in [6.07, 6.45) is 7.64. The average Bonchev–Trinajstić information content (AvgIpc) is 2.61. The highest BCUT2D eigenvalue weighted by Gasteiger charge is 2.27. The van der Waals surface area contributed by atoms with Crippen LogP contribution >= 0.6 is 0 Å². The first kappa shape index (κ1) is 16.8. The van der Waals surface area contributed by atoms with Gasteiger partial charge in [-0.05, 0) is 44.2 Å². The molecule has 130 valence electrons. The van der Waals surface area contributed by atoms with E-state index in [9.17, 15) is 9.59 Å². The van der Waals surface area contributed by atoms with E-state index in [0.717, 1.165) is 50.8 Å². The molecule has 1 atom stereocenters. The molecule has 5 heteroatoms. The van der Waals surface area contributed by atoms with Crippen LogP contribution in [0, 0.1) is 0 Å². The van der Waals surface area contributed by atoms with Crippen LogP contribution in [0.3, 0.4) is 0 Å². The summed E-state index contributed by atoms with van der Waals surface area (Å²) in [5.41, 5.74) is 2.38. The highest BCUT2D eigenvalue weighted by Crippen LogP contribution is 2.28. The lowest BCUT2D eigenvalue weighted by Crippen LogP contribution is -2.52. The summed E-state index contributed by atoms with van der Waals surface area (Å²) in [4.78, 5) is 26.7. The van der Waals surface area contributed by atoms with Crippen molar-refractivity contribution < 1.29 is 9.59 Å². The minimum Gasteiger partial charge on any atom is -0.360 e. The number of rotatable bonds is 3. The minimum atomic E-state index is -0.358. The van der Waals surface area contributed by atoms with Gasteiger partial charge in [0.05, 0.1) is 0 Å². The Morgan fingerprint density at radius 2 is 1.88 bits per heavy atom. The highest BCUT2D eigenvalue weighted by molar-refractivity contribution is 5.98. The second-order valence-electron chi connectivity index (χ2n) is 6.90. The Balaban J connectivity index is 1.58. The summed E-state index contributed by atoms with van der Waals surface area (Å²) in [7, 11) is 0. The Morgan fingerprint density at radius 3 is 2.67 bits per heavy atom. The van der Waals surface area contributed by atoms with Gasteiger partial charge in [0.1, 0.15) is 6.04 Å². The number of aryl methyl sites for hydroxylation is 1. The number of benzene rings is 1. The van der Waals surface area contributed by atoms with Crippen molar-refractivity contribution >= 4 is 17.6 Å². The van der Waals surface area contributed by atoms with Crippen LogP contribution in [-0.4, -0.2) is 30.6 Å². The molecule has 1 heterocycles.